The number of hydrogen-bond donors (Lipinski definition) is 2. The first-order valence-electron chi connectivity index (χ1n) is 10.9. The third-order valence-electron chi connectivity index (χ3n) is 6.40. The number of carbonyl (C=O) groups excluding carboxylic acids is 1. The molecular formula is C26H24ClN3O3S. The zero-order valence-electron chi connectivity index (χ0n) is 19.0. The van der Waals surface area contributed by atoms with E-state index in [0.717, 1.165) is 16.8 Å². The molecule has 0 spiro atoms. The van der Waals surface area contributed by atoms with Crippen LogP contribution in [0, 0.1) is 12.8 Å². The molecule has 5 rings (SSSR count). The van der Waals surface area contributed by atoms with E-state index in [1.807, 2.05) is 61.2 Å². The minimum atomic E-state index is -1.12. The molecule has 0 radical (unpaired) electrons. The first-order chi connectivity index (χ1) is 16.3. The number of rotatable bonds is 4. The van der Waals surface area contributed by atoms with Gasteiger partial charge in [0, 0.05) is 22.0 Å². The van der Waals surface area contributed by atoms with Crippen molar-refractivity contribution in [1.29, 1.82) is 0 Å². The maximum Gasteiger partial charge on any atom is 0.236 e. The zero-order chi connectivity index (χ0) is 24.0. The SMILES string of the molecule is COc1cccc2c1O[C@]1(C)[C@@H](C(=O)Nc3ccc(Cl)cc3)[C@@H]2NC(=S)N1c1ccc(C)cc1. The lowest BCUT2D eigenvalue weighted by Crippen LogP contribution is -2.72. The van der Waals surface area contributed by atoms with Gasteiger partial charge < -0.3 is 20.1 Å². The molecule has 174 valence electrons. The number of fused-ring (bicyclic) bond motifs is 4. The fourth-order valence-electron chi connectivity index (χ4n) is 4.77. The molecule has 3 aromatic rings. The molecule has 2 N–H and O–H groups in total. The standard InChI is InChI=1S/C26H24ClN3O3S/c1-15-7-13-18(14-8-15)30-25(34)29-22-19-5-4-6-20(32-3)23(19)33-26(30,2)21(22)24(31)28-17-11-9-16(27)10-12-17/h4-14,21-22H,1-3H3,(H,28,31)(H,29,34)/t21-,22-,26-/m1/s1. The van der Waals surface area contributed by atoms with Crippen LogP contribution >= 0.6 is 23.8 Å². The normalized spacial score (nSPS) is 22.8. The summed E-state index contributed by atoms with van der Waals surface area (Å²) in [6.07, 6.45) is 0. The van der Waals surface area contributed by atoms with Crippen molar-refractivity contribution >= 4 is 46.2 Å². The Kier molecular flexibility index (Phi) is 5.62. The molecule has 6 nitrogen and oxygen atoms in total. The van der Waals surface area contributed by atoms with Gasteiger partial charge in [0.1, 0.15) is 5.92 Å². The highest BCUT2D eigenvalue weighted by Gasteiger charge is 2.59. The zero-order valence-corrected chi connectivity index (χ0v) is 20.5. The van der Waals surface area contributed by atoms with Gasteiger partial charge in [0.05, 0.1) is 13.2 Å². The average molecular weight is 494 g/mol. The van der Waals surface area contributed by atoms with Gasteiger partial charge in [-0.25, -0.2) is 0 Å². The molecule has 0 aliphatic carbocycles. The molecule has 8 heteroatoms. The number of para-hydroxylation sites is 1. The van der Waals surface area contributed by atoms with E-state index in [2.05, 4.69) is 10.6 Å². The highest BCUT2D eigenvalue weighted by Crippen LogP contribution is 2.52. The number of anilines is 2. The van der Waals surface area contributed by atoms with Crippen molar-refractivity contribution in [3.05, 3.63) is 82.9 Å². The Balaban J connectivity index is 1.64. The summed E-state index contributed by atoms with van der Waals surface area (Å²) in [4.78, 5) is 15.7. The number of aryl methyl sites for hydroxylation is 1. The van der Waals surface area contributed by atoms with Crippen molar-refractivity contribution in [1.82, 2.24) is 5.32 Å². The largest absolute Gasteiger partial charge is 0.493 e. The van der Waals surface area contributed by atoms with Crippen molar-refractivity contribution in [2.75, 3.05) is 17.3 Å². The van der Waals surface area contributed by atoms with E-state index >= 15 is 0 Å². The van der Waals surface area contributed by atoms with Crippen molar-refractivity contribution in [2.24, 2.45) is 5.92 Å². The molecule has 0 saturated carbocycles. The highest BCUT2D eigenvalue weighted by molar-refractivity contribution is 7.80. The van der Waals surface area contributed by atoms with Crippen LogP contribution in [0.25, 0.3) is 0 Å². The van der Waals surface area contributed by atoms with Crippen molar-refractivity contribution in [3.63, 3.8) is 0 Å². The number of thiocarbonyl (C=S) groups is 1. The second-order valence-electron chi connectivity index (χ2n) is 8.61. The molecule has 0 unspecified atom stereocenters. The Morgan fingerprint density at radius 1 is 1.15 bits per heavy atom. The first-order valence-corrected chi connectivity index (χ1v) is 11.7. The Labute approximate surface area is 208 Å². The average Bonchev–Trinajstić information content (AvgIpc) is 2.81. The van der Waals surface area contributed by atoms with Gasteiger partial charge in [-0.3, -0.25) is 9.69 Å². The Morgan fingerprint density at radius 2 is 1.85 bits per heavy atom. The third kappa shape index (κ3) is 3.65. The van der Waals surface area contributed by atoms with Gasteiger partial charge in [0.2, 0.25) is 5.91 Å². The number of nitrogens with zero attached hydrogens (tertiary/aromatic N) is 1. The molecule has 34 heavy (non-hydrogen) atoms. The van der Waals surface area contributed by atoms with Gasteiger partial charge in [0.25, 0.3) is 0 Å². The van der Waals surface area contributed by atoms with E-state index in [1.54, 1.807) is 31.4 Å². The number of amides is 1. The molecular weight excluding hydrogens is 470 g/mol. The highest BCUT2D eigenvalue weighted by atomic mass is 35.5. The van der Waals surface area contributed by atoms with Gasteiger partial charge in [0.15, 0.2) is 22.3 Å². The number of hydrogen-bond acceptors (Lipinski definition) is 4. The molecule has 2 bridgehead atoms. The molecule has 0 aromatic heterocycles. The van der Waals surface area contributed by atoms with Crippen LogP contribution < -0.4 is 25.0 Å². The summed E-state index contributed by atoms with van der Waals surface area (Å²) < 4.78 is 12.3. The molecule has 1 amide bonds. The van der Waals surface area contributed by atoms with Gasteiger partial charge in [-0.05, 0) is 68.5 Å². The van der Waals surface area contributed by atoms with E-state index in [-0.39, 0.29) is 5.91 Å². The van der Waals surface area contributed by atoms with Gasteiger partial charge >= 0.3 is 0 Å². The first kappa shape index (κ1) is 22.5. The van der Waals surface area contributed by atoms with E-state index in [4.69, 9.17) is 33.3 Å². The van der Waals surface area contributed by atoms with Crippen LogP contribution in [0.15, 0.2) is 66.7 Å². The van der Waals surface area contributed by atoms with E-state index in [0.29, 0.717) is 27.3 Å². The van der Waals surface area contributed by atoms with Crippen LogP contribution in [0.2, 0.25) is 5.02 Å². The van der Waals surface area contributed by atoms with E-state index in [1.165, 1.54) is 0 Å². The van der Waals surface area contributed by atoms with E-state index in [9.17, 15) is 4.79 Å². The lowest BCUT2D eigenvalue weighted by Gasteiger charge is -2.56. The lowest BCUT2D eigenvalue weighted by molar-refractivity contribution is -0.130. The summed E-state index contributed by atoms with van der Waals surface area (Å²) in [5.41, 5.74) is 2.29. The maximum atomic E-state index is 13.8. The number of benzene rings is 3. The second-order valence-corrected chi connectivity index (χ2v) is 9.43. The van der Waals surface area contributed by atoms with Crippen LogP contribution in [0.1, 0.15) is 24.1 Å². The molecule has 2 aliphatic rings. The maximum absolute atomic E-state index is 13.8. The van der Waals surface area contributed by atoms with Crippen LogP contribution in [0.4, 0.5) is 11.4 Å². The van der Waals surface area contributed by atoms with Gasteiger partial charge in [-0.2, -0.15) is 0 Å². The quantitative estimate of drug-likeness (QED) is 0.471. The topological polar surface area (TPSA) is 62.8 Å². The van der Waals surface area contributed by atoms with Crippen molar-refractivity contribution in [2.45, 2.75) is 25.6 Å². The minimum Gasteiger partial charge on any atom is -0.493 e. The van der Waals surface area contributed by atoms with Gasteiger partial charge in [-0.15, -0.1) is 0 Å². The molecule has 1 fully saturated rings. The Bertz CT molecular complexity index is 1270. The lowest BCUT2D eigenvalue weighted by atomic mass is 9.78. The number of carbonyl (C=O) groups is 1. The summed E-state index contributed by atoms with van der Waals surface area (Å²) in [6, 6.07) is 20.2. The second kappa shape index (κ2) is 8.49. The smallest absolute Gasteiger partial charge is 0.236 e. The van der Waals surface area contributed by atoms with Crippen LogP contribution in [-0.2, 0) is 4.79 Å². The van der Waals surface area contributed by atoms with Crippen molar-refractivity contribution < 1.29 is 14.3 Å². The van der Waals surface area contributed by atoms with E-state index < -0.39 is 17.7 Å². The predicted octanol–water partition coefficient (Wildman–Crippen LogP) is 5.46. The predicted molar refractivity (Wildman–Crippen MR) is 138 cm³/mol. The monoisotopic (exact) mass is 493 g/mol. The van der Waals surface area contributed by atoms with Crippen LogP contribution in [-0.4, -0.2) is 23.9 Å². The molecule has 2 aliphatic heterocycles. The third-order valence-corrected chi connectivity index (χ3v) is 6.95. The Morgan fingerprint density at radius 3 is 2.53 bits per heavy atom. The number of ether oxygens (including phenoxy) is 2. The van der Waals surface area contributed by atoms with Crippen LogP contribution in [0.3, 0.4) is 0 Å². The summed E-state index contributed by atoms with van der Waals surface area (Å²) in [6.45, 7) is 3.92. The van der Waals surface area contributed by atoms with Gasteiger partial charge in [-0.1, -0.05) is 41.4 Å². The number of halogens is 1. The number of methoxy groups -OCH3 is 1. The number of nitrogens with one attached hydrogen (secondary N) is 2. The molecule has 2 heterocycles. The Hall–Kier alpha value is -3.29. The molecule has 1 saturated heterocycles. The summed E-state index contributed by atoms with van der Waals surface area (Å²) in [7, 11) is 1.60. The summed E-state index contributed by atoms with van der Waals surface area (Å²) >= 11 is 11.8. The fourth-order valence-corrected chi connectivity index (χ4v) is 5.31. The minimum absolute atomic E-state index is 0.199. The molecule has 3 atom stereocenters. The fraction of sp³-hybridized carbons (Fsp3) is 0.231. The van der Waals surface area contributed by atoms with Crippen LogP contribution in [0.5, 0.6) is 11.5 Å². The van der Waals surface area contributed by atoms with Crippen molar-refractivity contribution in [3.8, 4) is 11.5 Å². The molecule has 3 aromatic carbocycles. The summed E-state index contributed by atoms with van der Waals surface area (Å²) in [5, 5.41) is 7.52. The summed E-state index contributed by atoms with van der Waals surface area (Å²) in [5.74, 6) is 0.357.